The van der Waals surface area contributed by atoms with Crippen LogP contribution in [0.5, 0.6) is 5.75 Å². The van der Waals surface area contributed by atoms with Gasteiger partial charge in [0.2, 0.25) is 0 Å². The van der Waals surface area contributed by atoms with Crippen LogP contribution in [0, 0.1) is 5.82 Å². The maximum absolute atomic E-state index is 14.3. The molecule has 1 fully saturated rings. The molecular formula is C23H25ClFNO6. The Hall–Kier alpha value is -2.20. The molecular weight excluding hydrogens is 441 g/mol. The lowest BCUT2D eigenvalue weighted by Crippen LogP contribution is -2.56. The Bertz CT molecular complexity index is 1090. The summed E-state index contributed by atoms with van der Waals surface area (Å²) in [6.07, 6.45) is -4.59. The topological polar surface area (TPSA) is 104 Å². The van der Waals surface area contributed by atoms with Crippen molar-refractivity contribution in [3.8, 4) is 5.75 Å². The van der Waals surface area contributed by atoms with E-state index in [-0.39, 0.29) is 5.02 Å². The number of aliphatic hydroxyl groups is 4. The molecule has 0 unspecified atom stereocenters. The zero-order valence-corrected chi connectivity index (χ0v) is 18.1. The summed E-state index contributed by atoms with van der Waals surface area (Å²) in [7, 11) is 0. The van der Waals surface area contributed by atoms with E-state index in [4.69, 9.17) is 21.1 Å². The van der Waals surface area contributed by atoms with E-state index in [1.807, 2.05) is 31.2 Å². The zero-order valence-electron chi connectivity index (χ0n) is 17.4. The van der Waals surface area contributed by atoms with Crippen molar-refractivity contribution in [3.63, 3.8) is 0 Å². The van der Waals surface area contributed by atoms with Crippen LogP contribution in [0.1, 0.15) is 24.3 Å². The van der Waals surface area contributed by atoms with Crippen molar-refractivity contribution in [2.24, 2.45) is 0 Å². The van der Waals surface area contributed by atoms with Gasteiger partial charge >= 0.3 is 0 Å². The van der Waals surface area contributed by atoms with Crippen LogP contribution in [0.4, 0.5) is 4.39 Å². The van der Waals surface area contributed by atoms with E-state index >= 15 is 0 Å². The molecule has 0 radical (unpaired) electrons. The van der Waals surface area contributed by atoms with Gasteiger partial charge in [-0.1, -0.05) is 23.7 Å². The molecule has 172 valence electrons. The van der Waals surface area contributed by atoms with Crippen molar-refractivity contribution in [1.82, 2.24) is 4.57 Å². The minimum atomic E-state index is -1.53. The van der Waals surface area contributed by atoms with Gasteiger partial charge in [-0.25, -0.2) is 4.39 Å². The molecule has 2 aromatic carbocycles. The third-order valence-corrected chi connectivity index (χ3v) is 6.11. The Labute approximate surface area is 189 Å². The summed E-state index contributed by atoms with van der Waals surface area (Å²) < 4.78 is 27.0. The molecule has 4 N–H and O–H groups in total. The zero-order chi connectivity index (χ0) is 23.0. The van der Waals surface area contributed by atoms with Crippen molar-refractivity contribution in [3.05, 3.63) is 64.6 Å². The van der Waals surface area contributed by atoms with Gasteiger partial charge in [0.1, 0.15) is 36.0 Å². The molecule has 0 aliphatic carbocycles. The van der Waals surface area contributed by atoms with E-state index in [0.717, 1.165) is 11.3 Å². The highest BCUT2D eigenvalue weighted by molar-refractivity contribution is 6.35. The van der Waals surface area contributed by atoms with Gasteiger partial charge in [0.25, 0.3) is 0 Å². The molecule has 5 atom stereocenters. The fraction of sp³-hybridized carbons (Fsp3) is 0.391. The molecule has 1 aliphatic rings. The average Bonchev–Trinajstić information content (AvgIpc) is 3.15. The highest BCUT2D eigenvalue weighted by Crippen LogP contribution is 2.37. The lowest BCUT2D eigenvalue weighted by atomic mass is 9.98. The molecule has 1 saturated heterocycles. The summed E-state index contributed by atoms with van der Waals surface area (Å²) in [5.41, 5.74) is 2.11. The number of aromatic nitrogens is 1. The van der Waals surface area contributed by atoms with Crippen molar-refractivity contribution in [2.45, 2.75) is 44.0 Å². The standard InChI is InChI=1S/C23H25ClFNO6/c1-2-31-14-5-3-12(4-6-14)9-13-10-26(16-8-7-15(25)19(24)18(13)16)23-22(30)21(29)20(28)17(11-27)32-23/h3-8,10,17,20-23,27-30H,2,9,11H2,1H3/t17-,20-,21+,22-,23-/m1/s1. The number of hydrogen-bond acceptors (Lipinski definition) is 6. The average molecular weight is 466 g/mol. The molecule has 1 aromatic heterocycles. The first-order valence-corrected chi connectivity index (χ1v) is 10.7. The van der Waals surface area contributed by atoms with Crippen LogP contribution in [0.25, 0.3) is 10.9 Å². The molecule has 3 aromatic rings. The first-order chi connectivity index (χ1) is 15.3. The number of fused-ring (bicyclic) bond motifs is 1. The van der Waals surface area contributed by atoms with E-state index in [1.54, 1.807) is 10.8 Å². The molecule has 2 heterocycles. The van der Waals surface area contributed by atoms with Crippen LogP contribution in [0.3, 0.4) is 0 Å². The van der Waals surface area contributed by atoms with Crippen LogP contribution in [-0.4, -0.2) is 62.6 Å². The summed E-state index contributed by atoms with van der Waals surface area (Å²) in [6.45, 7) is 1.91. The molecule has 0 saturated carbocycles. The van der Waals surface area contributed by atoms with Gasteiger partial charge in [-0.2, -0.15) is 0 Å². The summed E-state index contributed by atoms with van der Waals surface area (Å²) in [4.78, 5) is 0. The van der Waals surface area contributed by atoms with Gasteiger partial charge in [-0.3, -0.25) is 0 Å². The Kier molecular flexibility index (Phi) is 6.71. The van der Waals surface area contributed by atoms with Crippen molar-refractivity contribution in [2.75, 3.05) is 13.2 Å². The van der Waals surface area contributed by atoms with Gasteiger partial charge < -0.3 is 34.5 Å². The van der Waals surface area contributed by atoms with Crippen LogP contribution >= 0.6 is 11.6 Å². The number of halogens is 2. The summed E-state index contributed by atoms with van der Waals surface area (Å²) in [5, 5.41) is 40.8. The molecule has 0 bridgehead atoms. The fourth-order valence-electron chi connectivity index (χ4n) is 4.11. The quantitative estimate of drug-likeness (QED) is 0.445. The predicted octanol–water partition coefficient (Wildman–Crippen LogP) is 2.40. The Morgan fingerprint density at radius 3 is 2.44 bits per heavy atom. The van der Waals surface area contributed by atoms with Gasteiger partial charge in [0.15, 0.2) is 6.23 Å². The Balaban J connectivity index is 1.77. The number of hydrogen-bond donors (Lipinski definition) is 4. The molecule has 0 spiro atoms. The normalized spacial score (nSPS) is 25.9. The smallest absolute Gasteiger partial charge is 0.163 e. The number of rotatable bonds is 6. The maximum atomic E-state index is 14.3. The van der Waals surface area contributed by atoms with E-state index in [0.29, 0.717) is 29.5 Å². The maximum Gasteiger partial charge on any atom is 0.163 e. The van der Waals surface area contributed by atoms with E-state index in [1.165, 1.54) is 12.1 Å². The first-order valence-electron chi connectivity index (χ1n) is 10.3. The number of benzene rings is 2. The predicted molar refractivity (Wildman–Crippen MR) is 116 cm³/mol. The van der Waals surface area contributed by atoms with Crippen molar-refractivity contribution in [1.29, 1.82) is 0 Å². The van der Waals surface area contributed by atoms with Gasteiger partial charge in [0, 0.05) is 11.6 Å². The van der Waals surface area contributed by atoms with Crippen molar-refractivity contribution >= 4 is 22.5 Å². The van der Waals surface area contributed by atoms with E-state index in [9.17, 15) is 24.8 Å². The van der Waals surface area contributed by atoms with E-state index < -0.39 is 43.1 Å². The second-order valence-corrected chi connectivity index (χ2v) is 8.17. The third kappa shape index (κ3) is 4.10. The first kappa shape index (κ1) is 23.0. The van der Waals surface area contributed by atoms with Gasteiger partial charge in [0.05, 0.1) is 23.8 Å². The minimum absolute atomic E-state index is 0.0632. The van der Waals surface area contributed by atoms with Gasteiger partial charge in [-0.05, 0) is 48.7 Å². The monoisotopic (exact) mass is 465 g/mol. The van der Waals surface area contributed by atoms with Crippen LogP contribution in [0.15, 0.2) is 42.6 Å². The summed E-state index contributed by atoms with van der Waals surface area (Å²) in [6, 6.07) is 10.2. The SMILES string of the molecule is CCOc1ccc(Cc2cn([C@@H]3O[C@H](CO)[C@@H](O)[C@H](O)[C@H]3O)c3ccc(F)c(Cl)c23)cc1. The van der Waals surface area contributed by atoms with Crippen LogP contribution < -0.4 is 4.74 Å². The minimum Gasteiger partial charge on any atom is -0.494 e. The largest absolute Gasteiger partial charge is 0.494 e. The van der Waals surface area contributed by atoms with Crippen LogP contribution in [-0.2, 0) is 11.2 Å². The van der Waals surface area contributed by atoms with Crippen LogP contribution in [0.2, 0.25) is 5.02 Å². The number of nitrogens with zero attached hydrogens (tertiary/aromatic N) is 1. The Morgan fingerprint density at radius 2 is 1.78 bits per heavy atom. The molecule has 4 rings (SSSR count). The number of aliphatic hydroxyl groups excluding tert-OH is 4. The summed E-state index contributed by atoms with van der Waals surface area (Å²) in [5.74, 6) is 0.155. The van der Waals surface area contributed by atoms with Crippen molar-refractivity contribution < 1.29 is 34.3 Å². The molecule has 0 amide bonds. The molecule has 32 heavy (non-hydrogen) atoms. The highest BCUT2D eigenvalue weighted by Gasteiger charge is 2.44. The van der Waals surface area contributed by atoms with Gasteiger partial charge in [-0.15, -0.1) is 0 Å². The third-order valence-electron chi connectivity index (χ3n) is 5.74. The summed E-state index contributed by atoms with van der Waals surface area (Å²) >= 11 is 6.32. The number of ether oxygens (including phenoxy) is 2. The van der Waals surface area contributed by atoms with E-state index in [2.05, 4.69) is 0 Å². The highest BCUT2D eigenvalue weighted by atomic mass is 35.5. The lowest BCUT2D eigenvalue weighted by molar-refractivity contribution is -0.250. The molecule has 7 nitrogen and oxygen atoms in total. The second-order valence-electron chi connectivity index (χ2n) is 7.79. The molecule has 1 aliphatic heterocycles. The lowest BCUT2D eigenvalue weighted by Gasteiger charge is -2.40. The fourth-order valence-corrected chi connectivity index (χ4v) is 4.39. The Morgan fingerprint density at radius 1 is 1.06 bits per heavy atom. The second kappa shape index (κ2) is 9.35. The molecule has 9 heteroatoms.